The second-order valence-electron chi connectivity index (χ2n) is 3.05. The molecule has 1 atom stereocenters. The monoisotopic (exact) mass is 245 g/mol. The molecule has 0 aliphatic carbocycles. The summed E-state index contributed by atoms with van der Waals surface area (Å²) in [5, 5.41) is 0. The van der Waals surface area contributed by atoms with Gasteiger partial charge in [0.15, 0.2) is 0 Å². The molecule has 1 aliphatic heterocycles. The molecule has 0 bridgehead atoms. The molecule has 1 aliphatic rings. The van der Waals surface area contributed by atoms with E-state index in [1.807, 2.05) is 0 Å². The van der Waals surface area contributed by atoms with Crippen molar-refractivity contribution in [3.8, 4) is 0 Å². The Kier molecular flexibility index (Phi) is 2.54. The van der Waals surface area contributed by atoms with E-state index in [-0.39, 0.29) is 0 Å². The lowest BCUT2D eigenvalue weighted by molar-refractivity contribution is -0.134. The van der Waals surface area contributed by atoms with Crippen LogP contribution in [0.4, 0.5) is 13.2 Å². The Morgan fingerprint density at radius 1 is 1.33 bits per heavy atom. The van der Waals surface area contributed by atoms with Crippen molar-refractivity contribution >= 4 is 21.8 Å². The number of rotatable bonds is 1. The van der Waals surface area contributed by atoms with Gasteiger partial charge in [-0.05, 0) is 0 Å². The third-order valence-corrected chi connectivity index (χ3v) is 3.31. The first kappa shape index (κ1) is 12.0. The second-order valence-corrected chi connectivity index (χ2v) is 4.83. The molecule has 86 valence electrons. The molecule has 0 aromatic carbocycles. The summed E-state index contributed by atoms with van der Waals surface area (Å²) < 4.78 is 56.9. The van der Waals surface area contributed by atoms with Crippen molar-refractivity contribution in [3.63, 3.8) is 0 Å². The summed E-state index contributed by atoms with van der Waals surface area (Å²) in [7, 11) is -5.87. The van der Waals surface area contributed by atoms with Gasteiger partial charge < -0.3 is 0 Å². The molecule has 9 heteroatoms. The molecule has 1 fully saturated rings. The van der Waals surface area contributed by atoms with E-state index in [9.17, 15) is 31.2 Å². The van der Waals surface area contributed by atoms with Crippen LogP contribution in [-0.4, -0.2) is 30.0 Å². The largest absolute Gasteiger partial charge is 0.517 e. The van der Waals surface area contributed by atoms with Crippen LogP contribution in [0.15, 0.2) is 0 Å². The fraction of sp³-hybridized carbons (Fsp3) is 0.667. The van der Waals surface area contributed by atoms with Crippen LogP contribution in [0.2, 0.25) is 0 Å². The zero-order valence-corrected chi connectivity index (χ0v) is 8.22. The number of nitrogens with zero attached hydrogens (tertiary/aromatic N) is 1. The van der Waals surface area contributed by atoms with Crippen LogP contribution in [0.5, 0.6) is 0 Å². The van der Waals surface area contributed by atoms with Crippen LogP contribution in [-0.2, 0) is 19.6 Å². The summed E-state index contributed by atoms with van der Waals surface area (Å²) >= 11 is 0. The van der Waals surface area contributed by atoms with Crippen LogP contribution in [0, 0.1) is 5.92 Å². The molecule has 15 heavy (non-hydrogen) atoms. The predicted molar refractivity (Wildman–Crippen MR) is 40.6 cm³/mol. The van der Waals surface area contributed by atoms with Gasteiger partial charge in [-0.1, -0.05) is 6.92 Å². The van der Waals surface area contributed by atoms with Gasteiger partial charge in [0.2, 0.25) is 11.8 Å². The lowest BCUT2D eigenvalue weighted by Crippen LogP contribution is -2.44. The van der Waals surface area contributed by atoms with E-state index in [4.69, 9.17) is 0 Å². The molecule has 0 spiro atoms. The highest BCUT2D eigenvalue weighted by molar-refractivity contribution is 7.91. The highest BCUT2D eigenvalue weighted by Crippen LogP contribution is 2.32. The van der Waals surface area contributed by atoms with Gasteiger partial charge in [-0.2, -0.15) is 25.9 Å². The summed E-state index contributed by atoms with van der Waals surface area (Å²) in [5.74, 6) is -3.71. The molecule has 1 rings (SSSR count). The quantitative estimate of drug-likeness (QED) is 0.620. The molecule has 1 unspecified atom stereocenters. The molecule has 2 amide bonds. The molecule has 0 radical (unpaired) electrons. The second kappa shape index (κ2) is 3.19. The maximum absolute atomic E-state index is 12.0. The Balaban J connectivity index is 3.21. The van der Waals surface area contributed by atoms with Gasteiger partial charge >= 0.3 is 15.5 Å². The van der Waals surface area contributed by atoms with Crippen molar-refractivity contribution in [3.05, 3.63) is 0 Å². The first-order chi connectivity index (χ1) is 6.59. The zero-order chi connectivity index (χ0) is 12.0. The third kappa shape index (κ3) is 1.71. The molecular weight excluding hydrogens is 239 g/mol. The topological polar surface area (TPSA) is 71.5 Å². The standard InChI is InChI=1S/C6H6F3NO4S/c1-3-2-4(11)10(5(3)12)15(13,14)6(7,8)9/h3H,2H2,1H3. The summed E-state index contributed by atoms with van der Waals surface area (Å²) in [6.45, 7) is 1.19. The first-order valence-electron chi connectivity index (χ1n) is 3.77. The van der Waals surface area contributed by atoms with Gasteiger partial charge in [0, 0.05) is 12.3 Å². The lowest BCUT2D eigenvalue weighted by atomic mass is 10.1. The van der Waals surface area contributed by atoms with Crippen LogP contribution in [0.25, 0.3) is 0 Å². The first-order valence-corrected chi connectivity index (χ1v) is 5.21. The fourth-order valence-corrected chi connectivity index (χ4v) is 2.08. The summed E-state index contributed by atoms with van der Waals surface area (Å²) in [4.78, 5) is 21.9. The average molecular weight is 245 g/mol. The van der Waals surface area contributed by atoms with Gasteiger partial charge in [-0.3, -0.25) is 9.59 Å². The molecule has 0 N–H and O–H groups in total. The summed E-state index contributed by atoms with van der Waals surface area (Å²) in [5.41, 5.74) is -5.64. The van der Waals surface area contributed by atoms with E-state index < -0.39 is 44.0 Å². The molecule has 0 aromatic rings. The maximum atomic E-state index is 12.0. The number of alkyl halides is 3. The molecule has 1 heterocycles. The smallest absolute Gasteiger partial charge is 0.273 e. The Morgan fingerprint density at radius 2 is 1.80 bits per heavy atom. The van der Waals surface area contributed by atoms with Gasteiger partial charge in [-0.15, -0.1) is 0 Å². The number of sulfonamides is 1. The van der Waals surface area contributed by atoms with Crippen molar-refractivity contribution in [1.82, 2.24) is 4.31 Å². The van der Waals surface area contributed by atoms with E-state index in [0.29, 0.717) is 0 Å². The van der Waals surface area contributed by atoms with Crippen molar-refractivity contribution in [2.75, 3.05) is 0 Å². The van der Waals surface area contributed by atoms with Crippen LogP contribution in [0.1, 0.15) is 13.3 Å². The van der Waals surface area contributed by atoms with Crippen LogP contribution in [0.3, 0.4) is 0 Å². The lowest BCUT2D eigenvalue weighted by Gasteiger charge is -2.16. The van der Waals surface area contributed by atoms with Crippen molar-refractivity contribution < 1.29 is 31.2 Å². The van der Waals surface area contributed by atoms with Crippen molar-refractivity contribution in [2.24, 2.45) is 5.92 Å². The summed E-state index contributed by atoms with van der Waals surface area (Å²) in [6.07, 6.45) is -0.520. The molecule has 1 saturated heterocycles. The number of halogens is 3. The predicted octanol–water partition coefficient (Wildman–Crippen LogP) is 0.231. The number of imide groups is 1. The number of carbonyl (C=O) groups excluding carboxylic acids is 2. The Labute approximate surface area is 82.9 Å². The third-order valence-electron chi connectivity index (χ3n) is 1.86. The molecule has 5 nitrogen and oxygen atoms in total. The number of carbonyl (C=O) groups is 2. The highest BCUT2D eigenvalue weighted by atomic mass is 32.2. The van der Waals surface area contributed by atoms with E-state index in [1.165, 1.54) is 6.92 Å². The normalized spacial score (nSPS) is 23.7. The summed E-state index contributed by atoms with van der Waals surface area (Å²) in [6, 6.07) is 0. The molecular formula is C6H6F3NO4S. The van der Waals surface area contributed by atoms with Gasteiger partial charge in [0.05, 0.1) is 0 Å². The van der Waals surface area contributed by atoms with E-state index in [0.717, 1.165) is 0 Å². The zero-order valence-electron chi connectivity index (χ0n) is 7.41. The minimum absolute atomic E-state index is 0.520. The van der Waals surface area contributed by atoms with Gasteiger partial charge in [-0.25, -0.2) is 0 Å². The fourth-order valence-electron chi connectivity index (χ4n) is 1.11. The van der Waals surface area contributed by atoms with Crippen molar-refractivity contribution in [2.45, 2.75) is 18.9 Å². The van der Waals surface area contributed by atoms with Crippen LogP contribution < -0.4 is 0 Å². The van der Waals surface area contributed by atoms with Gasteiger partial charge in [0.1, 0.15) is 0 Å². The Morgan fingerprint density at radius 3 is 2.07 bits per heavy atom. The highest BCUT2D eigenvalue weighted by Gasteiger charge is 2.57. The number of hydrogen-bond acceptors (Lipinski definition) is 4. The number of hydrogen-bond donors (Lipinski definition) is 0. The van der Waals surface area contributed by atoms with E-state index in [2.05, 4.69) is 0 Å². The Hall–Kier alpha value is -1.12. The SMILES string of the molecule is CC1CC(=O)N(S(=O)(=O)C(F)(F)F)C1=O. The van der Waals surface area contributed by atoms with E-state index in [1.54, 1.807) is 0 Å². The molecule has 0 aromatic heterocycles. The van der Waals surface area contributed by atoms with Crippen LogP contribution >= 0.6 is 0 Å². The van der Waals surface area contributed by atoms with Crippen molar-refractivity contribution in [1.29, 1.82) is 0 Å². The minimum Gasteiger partial charge on any atom is -0.273 e. The van der Waals surface area contributed by atoms with Gasteiger partial charge in [0.25, 0.3) is 0 Å². The maximum Gasteiger partial charge on any atom is 0.517 e. The molecule has 0 saturated carbocycles. The minimum atomic E-state index is -5.87. The van der Waals surface area contributed by atoms with E-state index >= 15 is 0 Å². The number of amides is 2. The Bertz CT molecular complexity index is 413. The average Bonchev–Trinajstić information content (AvgIpc) is 2.24.